The van der Waals surface area contributed by atoms with Crippen molar-refractivity contribution >= 4 is 56.8 Å². The summed E-state index contributed by atoms with van der Waals surface area (Å²) in [7, 11) is 0. The van der Waals surface area contributed by atoms with E-state index in [1.54, 1.807) is 0 Å². The third-order valence-electron chi connectivity index (χ3n) is 2.81. The number of hydrogen-bond donors (Lipinski definition) is 0. The molecule has 0 spiro atoms. The second kappa shape index (κ2) is 7.10. The molecule has 3 heteroatoms. The molecule has 18 heavy (non-hydrogen) atoms. The van der Waals surface area contributed by atoms with E-state index in [4.69, 9.17) is 11.6 Å². The summed E-state index contributed by atoms with van der Waals surface area (Å²) in [5.74, 6) is 0. The van der Waals surface area contributed by atoms with Gasteiger partial charge in [0.1, 0.15) is 0 Å². The third-order valence-corrected chi connectivity index (χ3v) is 5.51. The highest BCUT2D eigenvalue weighted by molar-refractivity contribution is 14.1. The molecule has 0 aliphatic rings. The first-order valence-electron chi connectivity index (χ1n) is 5.75. The molecule has 94 valence electrons. The van der Waals surface area contributed by atoms with Crippen molar-refractivity contribution in [3.63, 3.8) is 0 Å². The number of benzene rings is 2. The maximum Gasteiger partial charge on any atom is 0.0406 e. The summed E-state index contributed by atoms with van der Waals surface area (Å²) in [5.41, 5.74) is 2.74. The zero-order chi connectivity index (χ0) is 13.0. The molecule has 2 aromatic rings. The van der Waals surface area contributed by atoms with E-state index in [1.165, 1.54) is 11.1 Å². The molecule has 0 N–H and O–H groups in total. The van der Waals surface area contributed by atoms with Crippen molar-refractivity contribution in [2.45, 2.75) is 14.3 Å². The standard InChI is InChI=1S/C15H13ClI2/c16-13-8-6-12(7-9-13)15(18)10-14(17)11-4-2-1-3-5-11/h1-9,14-15H,10H2. The predicted octanol–water partition coefficient (Wildman–Crippen LogP) is 6.38. The number of halogens is 3. The maximum atomic E-state index is 5.91. The van der Waals surface area contributed by atoms with Crippen LogP contribution in [0.4, 0.5) is 0 Å². The minimum Gasteiger partial charge on any atom is -0.0843 e. The van der Waals surface area contributed by atoms with Gasteiger partial charge in [-0.05, 0) is 29.7 Å². The molecule has 0 aromatic heterocycles. The summed E-state index contributed by atoms with van der Waals surface area (Å²) in [4.78, 5) is 0. The summed E-state index contributed by atoms with van der Waals surface area (Å²) >= 11 is 11.0. The van der Waals surface area contributed by atoms with E-state index in [1.807, 2.05) is 12.1 Å². The topological polar surface area (TPSA) is 0 Å². The fraction of sp³-hybridized carbons (Fsp3) is 0.200. The first kappa shape index (κ1) is 14.6. The summed E-state index contributed by atoms with van der Waals surface area (Å²) in [6.07, 6.45) is 1.13. The summed E-state index contributed by atoms with van der Waals surface area (Å²) < 4.78 is 1.06. The predicted molar refractivity (Wildman–Crippen MR) is 96.0 cm³/mol. The van der Waals surface area contributed by atoms with Crippen LogP contribution < -0.4 is 0 Å². The second-order valence-electron chi connectivity index (χ2n) is 4.13. The average molecular weight is 483 g/mol. The molecule has 0 amide bonds. The molecule has 2 aromatic carbocycles. The van der Waals surface area contributed by atoms with Crippen molar-refractivity contribution in [1.82, 2.24) is 0 Å². The Hall–Kier alpha value is 0.190. The van der Waals surface area contributed by atoms with Crippen LogP contribution in [-0.4, -0.2) is 0 Å². The molecular formula is C15H13ClI2. The lowest BCUT2D eigenvalue weighted by molar-refractivity contribution is 0.830. The Bertz CT molecular complexity index is 482. The Morgan fingerprint density at radius 2 is 1.28 bits per heavy atom. The van der Waals surface area contributed by atoms with Crippen molar-refractivity contribution < 1.29 is 0 Å². The van der Waals surface area contributed by atoms with Crippen LogP contribution in [0, 0.1) is 0 Å². The van der Waals surface area contributed by atoms with Crippen LogP contribution in [0.1, 0.15) is 25.4 Å². The molecule has 0 nitrogen and oxygen atoms in total. The number of hydrogen-bond acceptors (Lipinski definition) is 0. The van der Waals surface area contributed by atoms with Crippen LogP contribution in [0.3, 0.4) is 0 Å². The van der Waals surface area contributed by atoms with Crippen molar-refractivity contribution in [2.75, 3.05) is 0 Å². The van der Waals surface area contributed by atoms with Gasteiger partial charge in [-0.3, -0.25) is 0 Å². The minimum atomic E-state index is 0.516. The van der Waals surface area contributed by atoms with Crippen molar-refractivity contribution in [2.24, 2.45) is 0 Å². The molecule has 2 rings (SSSR count). The van der Waals surface area contributed by atoms with Gasteiger partial charge < -0.3 is 0 Å². The van der Waals surface area contributed by atoms with Gasteiger partial charge in [0.15, 0.2) is 0 Å². The van der Waals surface area contributed by atoms with Crippen LogP contribution in [0.15, 0.2) is 54.6 Å². The van der Waals surface area contributed by atoms with Crippen LogP contribution >= 0.6 is 56.8 Å². The van der Waals surface area contributed by atoms with Gasteiger partial charge in [0.05, 0.1) is 0 Å². The second-order valence-corrected chi connectivity index (χ2v) is 7.58. The smallest absolute Gasteiger partial charge is 0.0406 e. The van der Waals surface area contributed by atoms with Crippen molar-refractivity contribution in [1.29, 1.82) is 0 Å². The number of alkyl halides is 2. The quantitative estimate of drug-likeness (QED) is 0.350. The third kappa shape index (κ3) is 4.10. The van der Waals surface area contributed by atoms with Gasteiger partial charge in [-0.25, -0.2) is 0 Å². The van der Waals surface area contributed by atoms with Crippen LogP contribution in [0.2, 0.25) is 5.02 Å². The van der Waals surface area contributed by atoms with Crippen LogP contribution in [0.25, 0.3) is 0 Å². The fourth-order valence-corrected chi connectivity index (χ4v) is 4.73. The molecule has 0 fully saturated rings. The zero-order valence-corrected chi connectivity index (χ0v) is 14.8. The molecule has 0 saturated heterocycles. The molecule has 0 heterocycles. The van der Waals surface area contributed by atoms with Gasteiger partial charge in [0, 0.05) is 12.9 Å². The molecule has 0 aliphatic carbocycles. The first-order chi connectivity index (χ1) is 8.66. The molecule has 0 bridgehead atoms. The van der Waals surface area contributed by atoms with E-state index < -0.39 is 0 Å². The van der Waals surface area contributed by atoms with E-state index in [-0.39, 0.29) is 0 Å². The Morgan fingerprint density at radius 3 is 1.83 bits per heavy atom. The Labute approximate surface area is 140 Å². The van der Waals surface area contributed by atoms with Gasteiger partial charge in [0.25, 0.3) is 0 Å². The Kier molecular flexibility index (Phi) is 5.76. The van der Waals surface area contributed by atoms with Gasteiger partial charge in [0.2, 0.25) is 0 Å². The molecular weight excluding hydrogens is 469 g/mol. The average Bonchev–Trinajstić information content (AvgIpc) is 2.40. The molecule has 2 unspecified atom stereocenters. The van der Waals surface area contributed by atoms with E-state index in [0.29, 0.717) is 7.85 Å². The zero-order valence-electron chi connectivity index (χ0n) is 9.69. The SMILES string of the molecule is Clc1ccc(C(I)CC(I)c2ccccc2)cc1. The fourth-order valence-electron chi connectivity index (χ4n) is 1.79. The van der Waals surface area contributed by atoms with Gasteiger partial charge in [-0.1, -0.05) is 99.2 Å². The Morgan fingerprint density at radius 1 is 0.778 bits per heavy atom. The van der Waals surface area contributed by atoms with Gasteiger partial charge >= 0.3 is 0 Å². The summed E-state index contributed by atoms with van der Waals surface area (Å²) in [6.45, 7) is 0. The number of rotatable bonds is 4. The minimum absolute atomic E-state index is 0.516. The first-order valence-corrected chi connectivity index (χ1v) is 8.62. The molecule has 0 saturated carbocycles. The highest BCUT2D eigenvalue weighted by atomic mass is 127. The van der Waals surface area contributed by atoms with E-state index in [0.717, 1.165) is 11.4 Å². The van der Waals surface area contributed by atoms with E-state index >= 15 is 0 Å². The summed E-state index contributed by atoms with van der Waals surface area (Å²) in [5, 5.41) is 0.802. The molecule has 0 aliphatic heterocycles. The van der Waals surface area contributed by atoms with Crippen molar-refractivity contribution in [3.05, 3.63) is 70.7 Å². The molecule has 0 radical (unpaired) electrons. The van der Waals surface area contributed by atoms with Crippen molar-refractivity contribution in [3.8, 4) is 0 Å². The van der Waals surface area contributed by atoms with Gasteiger partial charge in [-0.2, -0.15) is 0 Å². The summed E-state index contributed by atoms with van der Waals surface area (Å²) in [6, 6.07) is 18.8. The normalized spacial score (nSPS) is 14.2. The van der Waals surface area contributed by atoms with E-state index in [2.05, 4.69) is 87.6 Å². The highest BCUT2D eigenvalue weighted by Crippen LogP contribution is 2.38. The lowest BCUT2D eigenvalue weighted by Gasteiger charge is -2.15. The lowest BCUT2D eigenvalue weighted by Crippen LogP contribution is -1.96. The van der Waals surface area contributed by atoms with Crippen LogP contribution in [-0.2, 0) is 0 Å². The molecule has 2 atom stereocenters. The maximum absolute atomic E-state index is 5.91. The van der Waals surface area contributed by atoms with Gasteiger partial charge in [-0.15, -0.1) is 0 Å². The highest BCUT2D eigenvalue weighted by Gasteiger charge is 2.14. The lowest BCUT2D eigenvalue weighted by atomic mass is 10.0. The van der Waals surface area contributed by atoms with Crippen LogP contribution in [0.5, 0.6) is 0 Å². The largest absolute Gasteiger partial charge is 0.0843 e. The Balaban J connectivity index is 2.03. The monoisotopic (exact) mass is 482 g/mol. The van der Waals surface area contributed by atoms with E-state index in [9.17, 15) is 0 Å².